The van der Waals surface area contributed by atoms with Crippen LogP contribution in [0, 0.1) is 0 Å². The van der Waals surface area contributed by atoms with Crippen LogP contribution in [-0.2, 0) is 4.94 Å². The molecule has 0 aromatic carbocycles. The second-order valence-electron chi connectivity index (χ2n) is 2.21. The normalized spacial score (nSPS) is 18.8. The molecule has 2 bridgehead atoms. The van der Waals surface area contributed by atoms with Crippen LogP contribution in [0.2, 0.25) is 0 Å². The van der Waals surface area contributed by atoms with E-state index in [1.165, 1.54) is 6.33 Å². The van der Waals surface area contributed by atoms with E-state index in [1.54, 1.807) is 16.3 Å². The van der Waals surface area contributed by atoms with E-state index in [1.807, 2.05) is 0 Å². The Balaban J connectivity index is 2.29. The summed E-state index contributed by atoms with van der Waals surface area (Å²) < 4.78 is 0. The molecule has 10 heavy (non-hydrogen) atoms. The number of nitrogens with zero attached hydrogens (tertiary/aromatic N) is 4. The van der Waals surface area contributed by atoms with Gasteiger partial charge >= 0.3 is 0 Å². The Labute approximate surface area is 56.8 Å². The van der Waals surface area contributed by atoms with Gasteiger partial charge in [0.2, 0.25) is 0 Å². The first-order valence-electron chi connectivity index (χ1n) is 2.98. The average Bonchev–Trinajstić information content (AvgIpc) is 2.36. The minimum absolute atomic E-state index is 0.786. The molecule has 0 radical (unpaired) electrons. The van der Waals surface area contributed by atoms with Crippen LogP contribution in [0.3, 0.4) is 0 Å². The molecule has 1 aromatic heterocycles. The fourth-order valence-corrected chi connectivity index (χ4v) is 1.14. The van der Waals surface area contributed by atoms with Crippen LogP contribution in [0.5, 0.6) is 0 Å². The Morgan fingerprint density at radius 1 is 1.50 bits per heavy atom. The molecule has 1 fully saturated rings. The SMILES string of the molecule is c1ncc2c(n1)N1CN2O1. The lowest BCUT2D eigenvalue weighted by Gasteiger charge is -2.29. The molecular weight excluding hydrogens is 132 g/mol. The van der Waals surface area contributed by atoms with Crippen LogP contribution in [-0.4, -0.2) is 16.6 Å². The molecule has 50 valence electrons. The van der Waals surface area contributed by atoms with Crippen LogP contribution >= 0.6 is 0 Å². The lowest BCUT2D eigenvalue weighted by atomic mass is 10.5. The molecule has 0 atom stereocenters. The smallest absolute Gasteiger partial charge is 0.186 e. The molecule has 0 unspecified atom stereocenters. The zero-order chi connectivity index (χ0) is 6.55. The van der Waals surface area contributed by atoms with E-state index in [2.05, 4.69) is 9.97 Å². The zero-order valence-corrected chi connectivity index (χ0v) is 5.06. The highest BCUT2D eigenvalue weighted by Gasteiger charge is 2.40. The van der Waals surface area contributed by atoms with Gasteiger partial charge in [-0.3, -0.25) is 0 Å². The molecule has 0 aliphatic carbocycles. The Kier molecular flexibility index (Phi) is 0.542. The van der Waals surface area contributed by atoms with E-state index < -0.39 is 0 Å². The predicted octanol–water partition coefficient (Wildman–Crippen LogP) is -0.0793. The summed E-state index contributed by atoms with van der Waals surface area (Å²) in [6, 6.07) is 0. The number of aromatic nitrogens is 2. The van der Waals surface area contributed by atoms with Gasteiger partial charge in [-0.15, -0.1) is 4.94 Å². The van der Waals surface area contributed by atoms with Crippen molar-refractivity contribution in [2.75, 3.05) is 16.8 Å². The lowest BCUT2D eigenvalue weighted by Crippen LogP contribution is -2.46. The number of anilines is 2. The standard InChI is InChI=1S/C5H4N4O/c1-4-5(7-2-6-1)9-3-8(4)10-9/h1-2H,3H2. The zero-order valence-electron chi connectivity index (χ0n) is 5.06. The minimum atomic E-state index is 0.786. The van der Waals surface area contributed by atoms with Gasteiger partial charge < -0.3 is 0 Å². The molecular formula is C5H4N4O. The Hall–Kier alpha value is -1.36. The van der Waals surface area contributed by atoms with Gasteiger partial charge in [0.05, 0.1) is 6.20 Å². The second-order valence-corrected chi connectivity index (χ2v) is 2.21. The van der Waals surface area contributed by atoms with E-state index in [-0.39, 0.29) is 0 Å². The molecule has 1 aromatic rings. The molecule has 0 amide bonds. The fourth-order valence-electron chi connectivity index (χ4n) is 1.14. The second kappa shape index (κ2) is 1.22. The lowest BCUT2D eigenvalue weighted by molar-refractivity contribution is 0.0117. The molecule has 0 spiro atoms. The van der Waals surface area contributed by atoms with Gasteiger partial charge in [-0.25, -0.2) is 15.0 Å². The Bertz CT molecular complexity index is 256. The summed E-state index contributed by atoms with van der Waals surface area (Å²) in [5, 5.41) is 3.46. The topological polar surface area (TPSA) is 41.5 Å². The molecule has 4 heterocycles. The summed E-state index contributed by atoms with van der Waals surface area (Å²) >= 11 is 0. The van der Waals surface area contributed by atoms with Crippen molar-refractivity contribution in [3.8, 4) is 0 Å². The van der Waals surface area contributed by atoms with Crippen LogP contribution in [0.4, 0.5) is 11.5 Å². The van der Waals surface area contributed by atoms with Crippen LogP contribution < -0.4 is 10.1 Å². The van der Waals surface area contributed by atoms with Crippen LogP contribution in [0.15, 0.2) is 12.5 Å². The highest BCUT2D eigenvalue weighted by atomic mass is 16.9. The minimum Gasteiger partial charge on any atom is -0.242 e. The van der Waals surface area contributed by atoms with Crippen LogP contribution in [0.1, 0.15) is 0 Å². The molecule has 1 saturated heterocycles. The Morgan fingerprint density at radius 3 is 3.20 bits per heavy atom. The highest BCUT2D eigenvalue weighted by molar-refractivity contribution is 5.72. The first-order chi connectivity index (χ1) is 4.95. The third-order valence-electron chi connectivity index (χ3n) is 1.63. The average molecular weight is 136 g/mol. The largest absolute Gasteiger partial charge is 0.242 e. The molecule has 4 rings (SSSR count). The molecule has 3 aliphatic rings. The molecule has 0 N–H and O–H groups in total. The first-order valence-corrected chi connectivity index (χ1v) is 2.98. The van der Waals surface area contributed by atoms with Crippen molar-refractivity contribution < 1.29 is 4.94 Å². The summed E-state index contributed by atoms with van der Waals surface area (Å²) in [5.41, 5.74) is 0.961. The third-order valence-corrected chi connectivity index (χ3v) is 1.63. The fraction of sp³-hybridized carbons (Fsp3) is 0.200. The first kappa shape index (κ1) is 4.45. The molecule has 3 aliphatic heterocycles. The maximum atomic E-state index is 5.08. The third kappa shape index (κ3) is 0.321. The van der Waals surface area contributed by atoms with Gasteiger partial charge in [0.1, 0.15) is 18.7 Å². The van der Waals surface area contributed by atoms with Crippen molar-refractivity contribution in [1.29, 1.82) is 0 Å². The summed E-state index contributed by atoms with van der Waals surface area (Å²) in [6.45, 7) is 0.786. The van der Waals surface area contributed by atoms with E-state index in [0.29, 0.717) is 0 Å². The quantitative estimate of drug-likeness (QED) is 0.499. The van der Waals surface area contributed by atoms with Crippen molar-refractivity contribution in [3.63, 3.8) is 0 Å². The van der Waals surface area contributed by atoms with Gasteiger partial charge in [-0.05, 0) is 0 Å². The number of hydroxylamine groups is 2. The van der Waals surface area contributed by atoms with Gasteiger partial charge in [0.15, 0.2) is 5.82 Å². The van der Waals surface area contributed by atoms with Crippen molar-refractivity contribution in [2.45, 2.75) is 0 Å². The predicted molar refractivity (Wildman–Crippen MR) is 32.9 cm³/mol. The maximum Gasteiger partial charge on any atom is 0.186 e. The van der Waals surface area contributed by atoms with E-state index in [4.69, 9.17) is 4.94 Å². The maximum absolute atomic E-state index is 5.08. The molecule has 5 heteroatoms. The molecule has 5 nitrogen and oxygen atoms in total. The number of rotatable bonds is 0. The van der Waals surface area contributed by atoms with Gasteiger partial charge in [0.25, 0.3) is 0 Å². The summed E-state index contributed by atoms with van der Waals surface area (Å²) in [6.07, 6.45) is 3.26. The Morgan fingerprint density at radius 2 is 2.40 bits per heavy atom. The number of hydrogen-bond acceptors (Lipinski definition) is 5. The van der Waals surface area contributed by atoms with Crippen LogP contribution in [0.25, 0.3) is 0 Å². The van der Waals surface area contributed by atoms with E-state index in [0.717, 1.165) is 18.2 Å². The van der Waals surface area contributed by atoms with Crippen molar-refractivity contribution >= 4 is 11.5 Å². The van der Waals surface area contributed by atoms with E-state index in [9.17, 15) is 0 Å². The highest BCUT2D eigenvalue weighted by Crippen LogP contribution is 2.40. The summed E-state index contributed by atoms with van der Waals surface area (Å²) in [5.74, 6) is 0.870. The van der Waals surface area contributed by atoms with Crippen molar-refractivity contribution in [1.82, 2.24) is 9.97 Å². The van der Waals surface area contributed by atoms with Gasteiger partial charge in [-0.2, -0.15) is 5.06 Å². The summed E-state index contributed by atoms with van der Waals surface area (Å²) in [4.78, 5) is 13.0. The number of hydrogen-bond donors (Lipinski definition) is 0. The van der Waals surface area contributed by atoms with Gasteiger partial charge in [-0.1, -0.05) is 0 Å². The van der Waals surface area contributed by atoms with Crippen molar-refractivity contribution in [3.05, 3.63) is 12.5 Å². The summed E-state index contributed by atoms with van der Waals surface area (Å²) in [7, 11) is 0. The van der Waals surface area contributed by atoms with E-state index >= 15 is 0 Å². The molecule has 0 saturated carbocycles. The monoisotopic (exact) mass is 136 g/mol. The van der Waals surface area contributed by atoms with Gasteiger partial charge in [0, 0.05) is 0 Å². The van der Waals surface area contributed by atoms with Crippen molar-refractivity contribution in [2.24, 2.45) is 0 Å².